The maximum absolute atomic E-state index is 12.9. The molecule has 0 amide bonds. The predicted molar refractivity (Wildman–Crippen MR) is 103 cm³/mol. The maximum atomic E-state index is 12.9. The van der Waals surface area contributed by atoms with Crippen LogP contribution in [0.2, 0.25) is 0 Å². The molecule has 0 heterocycles. The molecule has 4 nitrogen and oxygen atoms in total. The summed E-state index contributed by atoms with van der Waals surface area (Å²) in [7, 11) is -3.67. The number of anilines is 1. The molecule has 27 heavy (non-hydrogen) atoms. The van der Waals surface area contributed by atoms with E-state index >= 15 is 0 Å². The summed E-state index contributed by atoms with van der Waals surface area (Å²) in [6.07, 6.45) is 0.149. The van der Waals surface area contributed by atoms with Crippen molar-refractivity contribution >= 4 is 21.5 Å². The first kappa shape index (κ1) is 18.8. The molecule has 0 atom stereocenters. The van der Waals surface area contributed by atoms with Gasteiger partial charge in [-0.25, -0.2) is 12.8 Å². The third-order valence-corrected chi connectivity index (χ3v) is 5.47. The van der Waals surface area contributed by atoms with Gasteiger partial charge in [0.15, 0.2) is 5.78 Å². The summed E-state index contributed by atoms with van der Waals surface area (Å²) in [5, 5.41) is 0. The van der Waals surface area contributed by atoms with Crippen LogP contribution in [0, 0.1) is 12.7 Å². The lowest BCUT2D eigenvalue weighted by Gasteiger charge is -2.09. The average Bonchev–Trinajstić information content (AvgIpc) is 2.64. The van der Waals surface area contributed by atoms with E-state index < -0.39 is 15.8 Å². The molecule has 0 fully saturated rings. The van der Waals surface area contributed by atoms with E-state index in [1.54, 1.807) is 48.5 Å². The largest absolute Gasteiger partial charge is 0.294 e. The van der Waals surface area contributed by atoms with Gasteiger partial charge in [0.2, 0.25) is 0 Å². The molecule has 0 radical (unpaired) electrons. The zero-order valence-corrected chi connectivity index (χ0v) is 15.5. The number of ketones is 1. The lowest BCUT2D eigenvalue weighted by molar-refractivity contribution is 0.0993. The van der Waals surface area contributed by atoms with E-state index in [4.69, 9.17) is 0 Å². The van der Waals surface area contributed by atoms with Crippen LogP contribution in [-0.4, -0.2) is 14.2 Å². The van der Waals surface area contributed by atoms with Gasteiger partial charge in [0, 0.05) is 17.7 Å². The van der Waals surface area contributed by atoms with Gasteiger partial charge in [-0.15, -0.1) is 0 Å². The first-order chi connectivity index (χ1) is 12.8. The molecule has 0 spiro atoms. The van der Waals surface area contributed by atoms with E-state index in [1.165, 1.54) is 24.3 Å². The molecular weight excluding hydrogens is 365 g/mol. The van der Waals surface area contributed by atoms with Gasteiger partial charge in [0.05, 0.1) is 4.90 Å². The van der Waals surface area contributed by atoms with Crippen LogP contribution in [0.4, 0.5) is 10.1 Å². The summed E-state index contributed by atoms with van der Waals surface area (Å²) >= 11 is 0. The van der Waals surface area contributed by atoms with Crippen molar-refractivity contribution < 1.29 is 17.6 Å². The number of hydrogen-bond donors (Lipinski definition) is 1. The first-order valence-corrected chi connectivity index (χ1v) is 9.79. The van der Waals surface area contributed by atoms with Crippen molar-refractivity contribution in [3.63, 3.8) is 0 Å². The van der Waals surface area contributed by atoms with Crippen molar-refractivity contribution in [3.8, 4) is 0 Å². The number of carbonyl (C=O) groups is 1. The van der Waals surface area contributed by atoms with E-state index in [0.717, 1.165) is 11.1 Å². The lowest BCUT2D eigenvalue weighted by atomic mass is 10.0. The van der Waals surface area contributed by atoms with Crippen molar-refractivity contribution in [1.82, 2.24) is 0 Å². The third kappa shape index (κ3) is 4.80. The Labute approximate surface area is 157 Å². The van der Waals surface area contributed by atoms with Gasteiger partial charge in [-0.2, -0.15) is 0 Å². The second-order valence-electron chi connectivity index (χ2n) is 6.22. The fraction of sp³-hybridized carbons (Fsp3) is 0.0952. The number of aryl methyl sites for hydroxylation is 1. The van der Waals surface area contributed by atoms with Crippen molar-refractivity contribution in [3.05, 3.63) is 95.3 Å². The summed E-state index contributed by atoms with van der Waals surface area (Å²) in [6.45, 7) is 1.88. The highest BCUT2D eigenvalue weighted by molar-refractivity contribution is 7.92. The normalized spacial score (nSPS) is 11.2. The molecule has 0 saturated carbocycles. The fourth-order valence-corrected chi connectivity index (χ4v) is 3.60. The highest BCUT2D eigenvalue weighted by Crippen LogP contribution is 2.18. The second-order valence-corrected chi connectivity index (χ2v) is 7.90. The fourth-order valence-electron chi connectivity index (χ4n) is 2.55. The molecule has 1 N–H and O–H groups in total. The lowest BCUT2D eigenvalue weighted by Crippen LogP contribution is -2.13. The van der Waals surface area contributed by atoms with Gasteiger partial charge in [-0.3, -0.25) is 9.52 Å². The van der Waals surface area contributed by atoms with Crippen molar-refractivity contribution in [2.75, 3.05) is 4.72 Å². The van der Waals surface area contributed by atoms with E-state index in [1.807, 2.05) is 6.92 Å². The molecule has 3 aromatic carbocycles. The van der Waals surface area contributed by atoms with Crippen LogP contribution in [0.15, 0.2) is 77.7 Å². The molecule has 0 saturated heterocycles. The Bertz CT molecular complexity index is 1040. The minimum atomic E-state index is -3.67. The van der Waals surface area contributed by atoms with Crippen LogP contribution in [0.3, 0.4) is 0 Å². The summed E-state index contributed by atoms with van der Waals surface area (Å²) < 4.78 is 40.2. The van der Waals surface area contributed by atoms with E-state index in [2.05, 4.69) is 4.72 Å². The Balaban J connectivity index is 1.69. The summed E-state index contributed by atoms with van der Waals surface area (Å²) in [5.41, 5.74) is 2.56. The first-order valence-electron chi connectivity index (χ1n) is 8.31. The third-order valence-electron chi connectivity index (χ3n) is 4.07. The molecule has 0 aliphatic rings. The quantitative estimate of drug-likeness (QED) is 0.643. The van der Waals surface area contributed by atoms with Crippen LogP contribution in [0.5, 0.6) is 0 Å². The van der Waals surface area contributed by atoms with Gasteiger partial charge in [0.25, 0.3) is 10.0 Å². The summed E-state index contributed by atoms with van der Waals surface area (Å²) in [5.74, 6) is -0.528. The molecule has 0 aliphatic heterocycles. The Morgan fingerprint density at radius 3 is 2.07 bits per heavy atom. The number of hydrogen-bond acceptors (Lipinski definition) is 3. The predicted octanol–water partition coefficient (Wildman–Crippen LogP) is 4.36. The zero-order valence-electron chi connectivity index (χ0n) is 14.6. The van der Waals surface area contributed by atoms with E-state index in [0.29, 0.717) is 11.3 Å². The smallest absolute Gasteiger partial charge is 0.261 e. The molecule has 0 aliphatic carbocycles. The van der Waals surface area contributed by atoms with Crippen LogP contribution in [0.25, 0.3) is 0 Å². The number of rotatable bonds is 6. The van der Waals surface area contributed by atoms with E-state index in [-0.39, 0.29) is 17.1 Å². The van der Waals surface area contributed by atoms with Gasteiger partial charge >= 0.3 is 0 Å². The number of nitrogens with one attached hydrogen (secondary N) is 1. The summed E-state index contributed by atoms with van der Waals surface area (Å²) in [6, 6.07) is 18.6. The minimum Gasteiger partial charge on any atom is -0.294 e. The highest BCUT2D eigenvalue weighted by Gasteiger charge is 2.14. The standard InChI is InChI=1S/C21H18FNO3S/c1-15-2-12-20(13-3-15)27(25,26)23-19-10-4-16(5-11-19)14-21(24)17-6-8-18(22)9-7-17/h2-13,23H,14H2,1H3. The molecule has 0 unspecified atom stereocenters. The molecular formula is C21H18FNO3S. The van der Waals surface area contributed by atoms with Crippen molar-refractivity contribution in [2.24, 2.45) is 0 Å². The Kier molecular flexibility index (Phi) is 5.37. The Hall–Kier alpha value is -2.99. The average molecular weight is 383 g/mol. The van der Waals surface area contributed by atoms with Crippen LogP contribution in [0.1, 0.15) is 21.5 Å². The molecule has 6 heteroatoms. The molecule has 0 bridgehead atoms. The Morgan fingerprint density at radius 2 is 1.48 bits per heavy atom. The van der Waals surface area contributed by atoms with Crippen molar-refractivity contribution in [2.45, 2.75) is 18.2 Å². The van der Waals surface area contributed by atoms with E-state index in [9.17, 15) is 17.6 Å². The van der Waals surface area contributed by atoms with Gasteiger partial charge < -0.3 is 0 Å². The topological polar surface area (TPSA) is 63.2 Å². The number of sulfonamides is 1. The monoisotopic (exact) mass is 383 g/mol. The summed E-state index contributed by atoms with van der Waals surface area (Å²) in [4.78, 5) is 12.4. The van der Waals surface area contributed by atoms with Crippen LogP contribution < -0.4 is 4.72 Å². The zero-order chi connectivity index (χ0) is 19.4. The number of halogens is 1. The molecule has 3 aromatic rings. The van der Waals surface area contributed by atoms with Gasteiger partial charge in [-0.05, 0) is 61.0 Å². The van der Waals surface area contributed by atoms with Gasteiger partial charge in [0.1, 0.15) is 5.82 Å². The SMILES string of the molecule is Cc1ccc(S(=O)(=O)Nc2ccc(CC(=O)c3ccc(F)cc3)cc2)cc1. The van der Waals surface area contributed by atoms with Gasteiger partial charge in [-0.1, -0.05) is 29.8 Å². The Morgan fingerprint density at radius 1 is 0.889 bits per heavy atom. The number of carbonyl (C=O) groups excluding carboxylic acids is 1. The molecule has 3 rings (SSSR count). The minimum absolute atomic E-state index is 0.136. The van der Waals surface area contributed by atoms with Crippen molar-refractivity contribution in [1.29, 1.82) is 0 Å². The number of benzene rings is 3. The maximum Gasteiger partial charge on any atom is 0.261 e. The highest BCUT2D eigenvalue weighted by atomic mass is 32.2. The number of Topliss-reactive ketones (excluding diaryl/α,β-unsaturated/α-hetero) is 1. The molecule has 138 valence electrons. The van der Waals surface area contributed by atoms with Crippen LogP contribution in [-0.2, 0) is 16.4 Å². The second kappa shape index (κ2) is 7.72. The molecule has 0 aromatic heterocycles. The van der Waals surface area contributed by atoms with Crippen LogP contribution >= 0.6 is 0 Å².